The van der Waals surface area contributed by atoms with Crippen molar-refractivity contribution in [2.24, 2.45) is 0 Å². The van der Waals surface area contributed by atoms with Crippen molar-refractivity contribution in [1.29, 1.82) is 0 Å². The van der Waals surface area contributed by atoms with Crippen LogP contribution in [0.1, 0.15) is 22.8 Å². The highest BCUT2D eigenvalue weighted by Gasteiger charge is 2.34. The molecule has 0 saturated heterocycles. The Morgan fingerprint density at radius 2 is 1.67 bits per heavy atom. The van der Waals surface area contributed by atoms with Crippen LogP contribution in [-0.2, 0) is 11.0 Å². The van der Waals surface area contributed by atoms with Gasteiger partial charge >= 0.3 is 6.18 Å². The molecule has 0 saturated carbocycles. The number of nitrogens with one attached hydrogen (secondary N) is 2. The molecule has 0 heterocycles. The summed E-state index contributed by atoms with van der Waals surface area (Å²) in [5.41, 5.74) is -1.90. The summed E-state index contributed by atoms with van der Waals surface area (Å²) in [6, 6.07) is 7.54. The van der Waals surface area contributed by atoms with Gasteiger partial charge in [-0.25, -0.2) is 4.39 Å². The van der Waals surface area contributed by atoms with Gasteiger partial charge in [0, 0.05) is 12.6 Å². The molecule has 0 aromatic heterocycles. The highest BCUT2D eigenvalue weighted by atomic mass is 19.4. The molecule has 0 atom stereocenters. The number of anilines is 2. The Bertz CT molecular complexity index is 788. The first-order valence-electron chi connectivity index (χ1n) is 6.73. The zero-order chi connectivity index (χ0) is 17.9. The molecular formula is C16H12F4N2O2. The molecule has 126 valence electrons. The fourth-order valence-electron chi connectivity index (χ4n) is 2.02. The van der Waals surface area contributed by atoms with Crippen LogP contribution in [0.4, 0.5) is 28.9 Å². The summed E-state index contributed by atoms with van der Waals surface area (Å²) in [5.74, 6) is -2.37. The Kier molecular flexibility index (Phi) is 4.87. The van der Waals surface area contributed by atoms with Gasteiger partial charge in [-0.2, -0.15) is 13.2 Å². The maximum absolute atomic E-state index is 13.8. The Hall–Kier alpha value is -2.90. The first kappa shape index (κ1) is 17.5. The molecule has 0 spiro atoms. The van der Waals surface area contributed by atoms with E-state index in [-0.39, 0.29) is 11.4 Å². The van der Waals surface area contributed by atoms with E-state index in [0.717, 1.165) is 30.3 Å². The van der Waals surface area contributed by atoms with E-state index < -0.39 is 34.9 Å². The maximum atomic E-state index is 13.8. The van der Waals surface area contributed by atoms with Gasteiger partial charge in [0.25, 0.3) is 5.91 Å². The Morgan fingerprint density at radius 1 is 1.00 bits per heavy atom. The second kappa shape index (κ2) is 6.69. The molecule has 0 fully saturated rings. The molecule has 2 aromatic carbocycles. The largest absolute Gasteiger partial charge is 0.417 e. The number of rotatable bonds is 3. The topological polar surface area (TPSA) is 58.2 Å². The number of carbonyl (C=O) groups excluding carboxylic acids is 2. The van der Waals surface area contributed by atoms with Crippen LogP contribution in [0.15, 0.2) is 42.5 Å². The Morgan fingerprint density at radius 3 is 2.29 bits per heavy atom. The van der Waals surface area contributed by atoms with Crippen molar-refractivity contribution < 1.29 is 27.2 Å². The van der Waals surface area contributed by atoms with Crippen molar-refractivity contribution in [2.75, 3.05) is 10.6 Å². The summed E-state index contributed by atoms with van der Waals surface area (Å²) < 4.78 is 52.6. The second-order valence-electron chi connectivity index (χ2n) is 4.87. The number of amides is 2. The predicted molar refractivity (Wildman–Crippen MR) is 80.1 cm³/mol. The average molecular weight is 340 g/mol. The zero-order valence-electron chi connectivity index (χ0n) is 12.4. The Balaban J connectivity index is 2.32. The van der Waals surface area contributed by atoms with Gasteiger partial charge in [0.2, 0.25) is 5.91 Å². The van der Waals surface area contributed by atoms with Crippen LogP contribution in [-0.4, -0.2) is 11.8 Å². The average Bonchev–Trinajstić information content (AvgIpc) is 2.49. The lowest BCUT2D eigenvalue weighted by Gasteiger charge is -2.13. The van der Waals surface area contributed by atoms with Crippen molar-refractivity contribution >= 4 is 23.2 Å². The van der Waals surface area contributed by atoms with Gasteiger partial charge in [0.15, 0.2) is 0 Å². The van der Waals surface area contributed by atoms with E-state index in [0.29, 0.717) is 0 Å². The summed E-state index contributed by atoms with van der Waals surface area (Å²) >= 11 is 0. The number of hydrogen-bond donors (Lipinski definition) is 2. The summed E-state index contributed by atoms with van der Waals surface area (Å²) in [6.07, 6.45) is -4.72. The van der Waals surface area contributed by atoms with Crippen molar-refractivity contribution in [3.8, 4) is 0 Å². The number of benzene rings is 2. The number of hydrogen-bond acceptors (Lipinski definition) is 2. The predicted octanol–water partition coefficient (Wildman–Crippen LogP) is 4.06. The SMILES string of the molecule is CC(=O)Nc1ccc(F)c(NC(=O)c2ccccc2C(F)(F)F)c1. The normalized spacial score (nSPS) is 11.0. The first-order valence-corrected chi connectivity index (χ1v) is 6.73. The molecule has 0 bridgehead atoms. The molecule has 0 aliphatic rings. The molecule has 4 nitrogen and oxygen atoms in total. The minimum atomic E-state index is -4.72. The van der Waals surface area contributed by atoms with Gasteiger partial charge in [0.05, 0.1) is 16.8 Å². The highest BCUT2D eigenvalue weighted by molar-refractivity contribution is 6.05. The summed E-state index contributed by atoms with van der Waals surface area (Å²) in [5, 5.41) is 4.47. The maximum Gasteiger partial charge on any atom is 0.417 e. The fraction of sp³-hybridized carbons (Fsp3) is 0.125. The number of carbonyl (C=O) groups is 2. The molecule has 8 heteroatoms. The van der Waals surface area contributed by atoms with Crippen molar-refractivity contribution in [2.45, 2.75) is 13.1 Å². The van der Waals surface area contributed by atoms with E-state index in [4.69, 9.17) is 0 Å². The van der Waals surface area contributed by atoms with E-state index in [9.17, 15) is 27.2 Å². The zero-order valence-corrected chi connectivity index (χ0v) is 12.4. The molecule has 0 aliphatic carbocycles. The van der Waals surface area contributed by atoms with Gasteiger partial charge in [-0.1, -0.05) is 12.1 Å². The Labute approximate surface area is 134 Å². The molecule has 24 heavy (non-hydrogen) atoms. The van der Waals surface area contributed by atoms with E-state index in [1.54, 1.807) is 0 Å². The highest BCUT2D eigenvalue weighted by Crippen LogP contribution is 2.32. The number of alkyl halides is 3. The van der Waals surface area contributed by atoms with Crippen molar-refractivity contribution in [1.82, 2.24) is 0 Å². The van der Waals surface area contributed by atoms with Crippen LogP contribution in [0.5, 0.6) is 0 Å². The summed E-state index contributed by atoms with van der Waals surface area (Å²) in [4.78, 5) is 23.1. The van der Waals surface area contributed by atoms with Crippen LogP contribution in [0.2, 0.25) is 0 Å². The number of halogens is 4. The van der Waals surface area contributed by atoms with Gasteiger partial charge in [-0.3, -0.25) is 9.59 Å². The van der Waals surface area contributed by atoms with Gasteiger partial charge in [-0.15, -0.1) is 0 Å². The molecule has 2 aromatic rings. The molecule has 2 N–H and O–H groups in total. The minimum Gasteiger partial charge on any atom is -0.326 e. The minimum absolute atomic E-state index is 0.198. The summed E-state index contributed by atoms with van der Waals surface area (Å²) in [7, 11) is 0. The first-order chi connectivity index (χ1) is 11.2. The molecular weight excluding hydrogens is 328 g/mol. The van der Waals surface area contributed by atoms with Crippen LogP contribution in [0.3, 0.4) is 0 Å². The molecule has 0 aliphatic heterocycles. The molecule has 2 amide bonds. The monoisotopic (exact) mass is 340 g/mol. The van der Waals surface area contributed by atoms with Crippen molar-refractivity contribution in [3.05, 3.63) is 59.4 Å². The van der Waals surface area contributed by atoms with E-state index >= 15 is 0 Å². The third-order valence-corrected chi connectivity index (χ3v) is 3.01. The second-order valence-corrected chi connectivity index (χ2v) is 4.87. The lowest BCUT2D eigenvalue weighted by Crippen LogP contribution is -2.19. The van der Waals surface area contributed by atoms with Gasteiger partial charge in [-0.05, 0) is 30.3 Å². The van der Waals surface area contributed by atoms with Crippen LogP contribution in [0.25, 0.3) is 0 Å². The lowest BCUT2D eigenvalue weighted by molar-refractivity contribution is -0.137. The van der Waals surface area contributed by atoms with Gasteiger partial charge in [0.1, 0.15) is 5.82 Å². The molecule has 2 rings (SSSR count). The lowest BCUT2D eigenvalue weighted by atomic mass is 10.1. The molecule has 0 radical (unpaired) electrons. The third kappa shape index (κ3) is 4.09. The van der Waals surface area contributed by atoms with E-state index in [1.165, 1.54) is 19.1 Å². The quantitative estimate of drug-likeness (QED) is 0.828. The smallest absolute Gasteiger partial charge is 0.326 e. The summed E-state index contributed by atoms with van der Waals surface area (Å²) in [6.45, 7) is 1.24. The van der Waals surface area contributed by atoms with E-state index in [2.05, 4.69) is 10.6 Å². The van der Waals surface area contributed by atoms with Gasteiger partial charge < -0.3 is 10.6 Å². The van der Waals surface area contributed by atoms with Crippen LogP contribution < -0.4 is 10.6 Å². The van der Waals surface area contributed by atoms with E-state index in [1.807, 2.05) is 0 Å². The molecule has 0 unspecified atom stereocenters. The van der Waals surface area contributed by atoms with Crippen LogP contribution in [0, 0.1) is 5.82 Å². The van der Waals surface area contributed by atoms with Crippen molar-refractivity contribution in [3.63, 3.8) is 0 Å². The van der Waals surface area contributed by atoms with Crippen LogP contribution >= 0.6 is 0 Å². The third-order valence-electron chi connectivity index (χ3n) is 3.01. The fourth-order valence-corrected chi connectivity index (χ4v) is 2.02. The standard InChI is InChI=1S/C16H12F4N2O2/c1-9(23)21-10-6-7-13(17)14(8-10)22-15(24)11-4-2-3-5-12(11)16(18,19)20/h2-8H,1H3,(H,21,23)(H,22,24).